The first-order valence-electron chi connectivity index (χ1n) is 11.7. The number of Topliss-reactive ketones (excluding diaryl/α,β-unsaturated/α-hetero) is 1. The molecule has 1 unspecified atom stereocenters. The molecule has 0 aliphatic carbocycles. The van der Waals surface area contributed by atoms with Crippen LogP contribution in [-0.2, 0) is 16.1 Å². The number of aliphatic hydroxyl groups excluding tert-OH is 1. The summed E-state index contributed by atoms with van der Waals surface area (Å²) in [6.07, 6.45) is 3.39. The van der Waals surface area contributed by atoms with Crippen molar-refractivity contribution in [2.24, 2.45) is 0 Å². The summed E-state index contributed by atoms with van der Waals surface area (Å²) in [5.74, 6) is 0.239. The van der Waals surface area contributed by atoms with Crippen LogP contribution >= 0.6 is 0 Å². The largest absolute Gasteiger partial charge is 0.507 e. The highest BCUT2D eigenvalue weighted by molar-refractivity contribution is 6.46. The van der Waals surface area contributed by atoms with E-state index >= 15 is 0 Å². The van der Waals surface area contributed by atoms with Crippen molar-refractivity contribution in [3.8, 4) is 17.2 Å². The van der Waals surface area contributed by atoms with Crippen LogP contribution in [0.4, 0.5) is 0 Å². The standard InChI is InChI=1S/C28H29NO7/c1-4-5-13-36-22-12-11-18(16-23(22)34-3)25-24(26(30)19-8-6-9-20(15-19)33-2)27(31)28(32)29(25)17-21-10-7-14-35-21/h6-12,14-16,25,30H,4-5,13,17H2,1-3H3/b26-24+. The fourth-order valence-corrected chi connectivity index (χ4v) is 4.19. The van der Waals surface area contributed by atoms with E-state index in [1.165, 1.54) is 25.4 Å². The monoisotopic (exact) mass is 491 g/mol. The maximum absolute atomic E-state index is 13.3. The topological polar surface area (TPSA) is 98.4 Å². The van der Waals surface area contributed by atoms with Gasteiger partial charge in [-0.3, -0.25) is 9.59 Å². The Morgan fingerprint density at radius 1 is 1.03 bits per heavy atom. The van der Waals surface area contributed by atoms with E-state index in [1.807, 2.05) is 0 Å². The zero-order chi connectivity index (χ0) is 25.7. The SMILES string of the molecule is CCCCOc1ccc(C2/C(=C(\O)c3cccc(OC)c3)C(=O)C(=O)N2Cc2ccco2)cc1OC. The van der Waals surface area contributed by atoms with Crippen LogP contribution in [0, 0.1) is 0 Å². The van der Waals surface area contributed by atoms with E-state index in [-0.39, 0.29) is 17.9 Å². The highest BCUT2D eigenvalue weighted by Crippen LogP contribution is 2.43. The molecule has 8 nitrogen and oxygen atoms in total. The molecule has 1 aliphatic rings. The zero-order valence-corrected chi connectivity index (χ0v) is 20.5. The highest BCUT2D eigenvalue weighted by Gasteiger charge is 2.46. The average molecular weight is 492 g/mol. The van der Waals surface area contributed by atoms with Crippen molar-refractivity contribution in [1.82, 2.24) is 4.90 Å². The van der Waals surface area contributed by atoms with Crippen molar-refractivity contribution in [2.75, 3.05) is 20.8 Å². The second kappa shape index (κ2) is 11.0. The lowest BCUT2D eigenvalue weighted by Gasteiger charge is -2.25. The number of benzene rings is 2. The molecule has 1 aliphatic heterocycles. The molecule has 1 N–H and O–H groups in total. The summed E-state index contributed by atoms with van der Waals surface area (Å²) in [4.78, 5) is 27.8. The van der Waals surface area contributed by atoms with E-state index in [0.717, 1.165) is 12.8 Å². The van der Waals surface area contributed by atoms with Gasteiger partial charge in [0.25, 0.3) is 11.7 Å². The van der Waals surface area contributed by atoms with Crippen LogP contribution in [-0.4, -0.2) is 42.5 Å². The Morgan fingerprint density at radius 3 is 2.56 bits per heavy atom. The van der Waals surface area contributed by atoms with Crippen molar-refractivity contribution in [2.45, 2.75) is 32.4 Å². The summed E-state index contributed by atoms with van der Waals surface area (Å²) < 4.78 is 22.1. The molecule has 1 aromatic heterocycles. The van der Waals surface area contributed by atoms with Crippen molar-refractivity contribution in [1.29, 1.82) is 0 Å². The molecule has 0 bridgehead atoms. The Hall–Kier alpha value is -4.20. The first-order chi connectivity index (χ1) is 17.5. The van der Waals surface area contributed by atoms with Crippen LogP contribution in [0.5, 0.6) is 17.2 Å². The maximum Gasteiger partial charge on any atom is 0.296 e. The Morgan fingerprint density at radius 2 is 1.86 bits per heavy atom. The molecular formula is C28H29NO7. The summed E-state index contributed by atoms with van der Waals surface area (Å²) in [5.41, 5.74) is 0.924. The second-order valence-corrected chi connectivity index (χ2v) is 8.35. The van der Waals surface area contributed by atoms with Gasteiger partial charge >= 0.3 is 0 Å². The number of unbranched alkanes of at least 4 members (excludes halogenated alkanes) is 1. The average Bonchev–Trinajstić information content (AvgIpc) is 3.51. The molecule has 1 fully saturated rings. The van der Waals surface area contributed by atoms with Crippen LogP contribution < -0.4 is 14.2 Å². The van der Waals surface area contributed by atoms with Gasteiger partial charge in [0.05, 0.1) is 45.2 Å². The number of aliphatic hydroxyl groups is 1. The smallest absolute Gasteiger partial charge is 0.296 e. The van der Waals surface area contributed by atoms with E-state index < -0.39 is 17.7 Å². The Balaban J connectivity index is 1.83. The number of hydrogen-bond acceptors (Lipinski definition) is 7. The van der Waals surface area contributed by atoms with Gasteiger partial charge in [0, 0.05) is 5.56 Å². The summed E-state index contributed by atoms with van der Waals surface area (Å²) in [7, 11) is 3.04. The molecule has 1 saturated heterocycles. The number of furan rings is 1. The molecule has 0 spiro atoms. The maximum atomic E-state index is 13.3. The molecule has 3 aromatic rings. The lowest BCUT2D eigenvalue weighted by molar-refractivity contribution is -0.140. The second-order valence-electron chi connectivity index (χ2n) is 8.35. The molecule has 8 heteroatoms. The summed E-state index contributed by atoms with van der Waals surface area (Å²) >= 11 is 0. The third kappa shape index (κ3) is 4.93. The Bertz CT molecular complexity index is 1260. The minimum atomic E-state index is -0.875. The molecule has 0 radical (unpaired) electrons. The van der Waals surface area contributed by atoms with E-state index in [1.54, 1.807) is 54.6 Å². The zero-order valence-electron chi connectivity index (χ0n) is 20.5. The minimum absolute atomic E-state index is 0.0264. The fourth-order valence-electron chi connectivity index (χ4n) is 4.19. The fraction of sp³-hybridized carbons (Fsp3) is 0.286. The van der Waals surface area contributed by atoms with Crippen molar-refractivity contribution in [3.63, 3.8) is 0 Å². The number of ether oxygens (including phenoxy) is 3. The van der Waals surface area contributed by atoms with Crippen LogP contribution in [0.1, 0.15) is 42.7 Å². The lowest BCUT2D eigenvalue weighted by atomic mass is 9.95. The third-order valence-electron chi connectivity index (χ3n) is 6.05. The third-order valence-corrected chi connectivity index (χ3v) is 6.05. The minimum Gasteiger partial charge on any atom is -0.507 e. The lowest BCUT2D eigenvalue weighted by Crippen LogP contribution is -2.29. The van der Waals surface area contributed by atoms with Gasteiger partial charge in [-0.1, -0.05) is 31.5 Å². The molecule has 2 aromatic carbocycles. The van der Waals surface area contributed by atoms with Crippen molar-refractivity contribution in [3.05, 3.63) is 83.3 Å². The number of hydrogen-bond donors (Lipinski definition) is 1. The number of ketones is 1. The van der Waals surface area contributed by atoms with Crippen molar-refractivity contribution < 1.29 is 33.3 Å². The van der Waals surface area contributed by atoms with Gasteiger partial charge in [-0.15, -0.1) is 0 Å². The van der Waals surface area contributed by atoms with Crippen LogP contribution in [0.15, 0.2) is 70.9 Å². The molecule has 188 valence electrons. The van der Waals surface area contributed by atoms with Crippen molar-refractivity contribution >= 4 is 17.4 Å². The van der Waals surface area contributed by atoms with Crippen LogP contribution in [0.2, 0.25) is 0 Å². The van der Waals surface area contributed by atoms with Crippen LogP contribution in [0.25, 0.3) is 5.76 Å². The van der Waals surface area contributed by atoms with Gasteiger partial charge in [-0.05, 0) is 48.4 Å². The molecule has 1 amide bonds. The van der Waals surface area contributed by atoms with E-state index in [0.29, 0.717) is 40.7 Å². The first kappa shape index (κ1) is 24.9. The summed E-state index contributed by atoms with van der Waals surface area (Å²) in [6, 6.07) is 14.5. The molecule has 36 heavy (non-hydrogen) atoms. The molecular weight excluding hydrogens is 462 g/mol. The number of carbonyl (C=O) groups is 2. The van der Waals surface area contributed by atoms with E-state index in [2.05, 4.69) is 6.92 Å². The number of likely N-dealkylation sites (tertiary alicyclic amines) is 1. The van der Waals surface area contributed by atoms with E-state index in [4.69, 9.17) is 18.6 Å². The molecule has 4 rings (SSSR count). The van der Waals surface area contributed by atoms with Crippen LogP contribution in [0.3, 0.4) is 0 Å². The molecule has 0 saturated carbocycles. The van der Waals surface area contributed by atoms with Gasteiger partial charge in [0.1, 0.15) is 17.3 Å². The van der Waals surface area contributed by atoms with Gasteiger partial charge < -0.3 is 28.6 Å². The quantitative estimate of drug-likeness (QED) is 0.182. The number of carbonyl (C=O) groups excluding carboxylic acids is 2. The van der Waals surface area contributed by atoms with E-state index in [9.17, 15) is 14.7 Å². The Kier molecular flexibility index (Phi) is 7.63. The first-order valence-corrected chi connectivity index (χ1v) is 11.7. The normalized spacial score (nSPS) is 16.9. The molecule has 2 heterocycles. The molecule has 1 atom stereocenters. The summed E-state index contributed by atoms with van der Waals surface area (Å²) in [6.45, 7) is 2.67. The predicted molar refractivity (Wildman–Crippen MR) is 133 cm³/mol. The highest BCUT2D eigenvalue weighted by atomic mass is 16.5. The predicted octanol–water partition coefficient (Wildman–Crippen LogP) is 5.10. The van der Waals surface area contributed by atoms with Gasteiger partial charge in [0.2, 0.25) is 0 Å². The van der Waals surface area contributed by atoms with Gasteiger partial charge in [0.15, 0.2) is 11.5 Å². The number of methoxy groups -OCH3 is 2. The Labute approximate surface area is 209 Å². The summed E-state index contributed by atoms with van der Waals surface area (Å²) in [5, 5.41) is 11.3. The number of nitrogens with zero attached hydrogens (tertiary/aromatic N) is 1. The van der Waals surface area contributed by atoms with Gasteiger partial charge in [-0.25, -0.2) is 0 Å². The number of amides is 1. The van der Waals surface area contributed by atoms with Gasteiger partial charge in [-0.2, -0.15) is 0 Å². The number of rotatable bonds is 10.